The van der Waals surface area contributed by atoms with Gasteiger partial charge in [-0.1, -0.05) is 6.08 Å². The van der Waals surface area contributed by atoms with Crippen molar-refractivity contribution >= 4 is 0 Å². The lowest BCUT2D eigenvalue weighted by molar-refractivity contribution is 0.390. The molecular weight excluding hydrogens is 178 g/mol. The fraction of sp³-hybridized carbons (Fsp3) is 0.273. The van der Waals surface area contributed by atoms with Crippen molar-refractivity contribution in [2.24, 2.45) is 5.73 Å². The van der Waals surface area contributed by atoms with Gasteiger partial charge < -0.3 is 15.2 Å². The molecule has 1 aromatic rings. The zero-order chi connectivity index (χ0) is 10.6. The van der Waals surface area contributed by atoms with Gasteiger partial charge in [-0.05, 0) is 12.1 Å². The molecule has 3 nitrogen and oxygen atoms in total. The number of hydrogen-bond donors (Lipinski definition) is 1. The van der Waals surface area contributed by atoms with Crippen molar-refractivity contribution in [1.82, 2.24) is 0 Å². The van der Waals surface area contributed by atoms with Gasteiger partial charge in [-0.2, -0.15) is 0 Å². The minimum atomic E-state index is -0.212. The first-order valence-corrected chi connectivity index (χ1v) is 4.33. The zero-order valence-corrected chi connectivity index (χ0v) is 8.49. The SMILES string of the molecule is C=C[C@@H](N)c1ccc(OC)cc1OC. The molecule has 2 N–H and O–H groups in total. The highest BCUT2D eigenvalue weighted by Gasteiger charge is 2.09. The van der Waals surface area contributed by atoms with Gasteiger partial charge >= 0.3 is 0 Å². The molecule has 0 saturated carbocycles. The normalized spacial score (nSPS) is 11.9. The van der Waals surface area contributed by atoms with E-state index in [-0.39, 0.29) is 6.04 Å². The number of methoxy groups -OCH3 is 2. The molecule has 0 fully saturated rings. The molecule has 0 bridgehead atoms. The smallest absolute Gasteiger partial charge is 0.127 e. The molecule has 0 amide bonds. The number of hydrogen-bond acceptors (Lipinski definition) is 3. The maximum Gasteiger partial charge on any atom is 0.127 e. The predicted octanol–water partition coefficient (Wildman–Crippen LogP) is 1.89. The van der Waals surface area contributed by atoms with E-state index >= 15 is 0 Å². The Hall–Kier alpha value is -1.48. The van der Waals surface area contributed by atoms with Crippen LogP contribution in [0.5, 0.6) is 11.5 Å². The summed E-state index contributed by atoms with van der Waals surface area (Å²) in [6.45, 7) is 3.64. The van der Waals surface area contributed by atoms with Crippen molar-refractivity contribution in [2.75, 3.05) is 14.2 Å². The molecule has 0 aliphatic heterocycles. The first kappa shape index (κ1) is 10.6. The number of ether oxygens (including phenoxy) is 2. The summed E-state index contributed by atoms with van der Waals surface area (Å²) in [5.41, 5.74) is 6.73. The molecule has 0 aromatic heterocycles. The molecule has 76 valence electrons. The Labute approximate surface area is 84.1 Å². The first-order chi connectivity index (χ1) is 6.72. The van der Waals surface area contributed by atoms with E-state index in [9.17, 15) is 0 Å². The Morgan fingerprint density at radius 3 is 2.57 bits per heavy atom. The summed E-state index contributed by atoms with van der Waals surface area (Å²) in [6.07, 6.45) is 1.67. The fourth-order valence-electron chi connectivity index (χ4n) is 1.22. The van der Waals surface area contributed by atoms with Crippen LogP contribution in [0.2, 0.25) is 0 Å². The molecule has 1 aromatic carbocycles. The van der Waals surface area contributed by atoms with Crippen LogP contribution < -0.4 is 15.2 Å². The van der Waals surface area contributed by atoms with Crippen molar-refractivity contribution in [3.63, 3.8) is 0 Å². The van der Waals surface area contributed by atoms with E-state index in [2.05, 4.69) is 6.58 Å². The second kappa shape index (κ2) is 4.67. The summed E-state index contributed by atoms with van der Waals surface area (Å²) in [6, 6.07) is 5.32. The molecule has 0 heterocycles. The molecule has 0 aliphatic rings. The molecule has 14 heavy (non-hydrogen) atoms. The van der Waals surface area contributed by atoms with Gasteiger partial charge in [0, 0.05) is 11.6 Å². The number of nitrogens with two attached hydrogens (primary N) is 1. The largest absolute Gasteiger partial charge is 0.497 e. The third kappa shape index (κ3) is 2.06. The van der Waals surface area contributed by atoms with E-state index in [1.165, 1.54) is 0 Å². The van der Waals surface area contributed by atoms with Gasteiger partial charge in [-0.3, -0.25) is 0 Å². The fourth-order valence-corrected chi connectivity index (χ4v) is 1.22. The van der Waals surface area contributed by atoms with Crippen LogP contribution in [-0.2, 0) is 0 Å². The second-order valence-electron chi connectivity index (χ2n) is 2.87. The number of benzene rings is 1. The Balaban J connectivity index is 3.10. The third-order valence-electron chi connectivity index (χ3n) is 2.05. The Morgan fingerprint density at radius 2 is 2.07 bits per heavy atom. The quantitative estimate of drug-likeness (QED) is 0.743. The van der Waals surface area contributed by atoms with Crippen molar-refractivity contribution < 1.29 is 9.47 Å². The highest BCUT2D eigenvalue weighted by atomic mass is 16.5. The molecule has 0 unspecified atom stereocenters. The van der Waals surface area contributed by atoms with Crippen LogP contribution >= 0.6 is 0 Å². The maximum atomic E-state index is 5.82. The molecule has 0 aliphatic carbocycles. The lowest BCUT2D eigenvalue weighted by atomic mass is 10.1. The summed E-state index contributed by atoms with van der Waals surface area (Å²) in [5.74, 6) is 1.47. The highest BCUT2D eigenvalue weighted by Crippen LogP contribution is 2.28. The second-order valence-corrected chi connectivity index (χ2v) is 2.87. The van der Waals surface area contributed by atoms with Crippen LogP contribution in [-0.4, -0.2) is 14.2 Å². The zero-order valence-electron chi connectivity index (χ0n) is 8.49. The maximum absolute atomic E-state index is 5.82. The van der Waals surface area contributed by atoms with Crippen LogP contribution in [0.25, 0.3) is 0 Å². The van der Waals surface area contributed by atoms with E-state index in [4.69, 9.17) is 15.2 Å². The van der Waals surface area contributed by atoms with Gasteiger partial charge in [-0.15, -0.1) is 6.58 Å². The lowest BCUT2D eigenvalue weighted by Crippen LogP contribution is -2.08. The Bertz CT molecular complexity index is 323. The van der Waals surface area contributed by atoms with Crippen LogP contribution in [0.1, 0.15) is 11.6 Å². The summed E-state index contributed by atoms with van der Waals surface area (Å²) >= 11 is 0. The molecule has 1 rings (SSSR count). The highest BCUT2D eigenvalue weighted by molar-refractivity contribution is 5.43. The molecule has 0 saturated heterocycles. The summed E-state index contributed by atoms with van der Waals surface area (Å²) in [4.78, 5) is 0. The van der Waals surface area contributed by atoms with Crippen molar-refractivity contribution in [3.05, 3.63) is 36.4 Å². The predicted molar refractivity (Wildman–Crippen MR) is 56.7 cm³/mol. The van der Waals surface area contributed by atoms with Crippen molar-refractivity contribution in [2.45, 2.75) is 6.04 Å². The van der Waals surface area contributed by atoms with Crippen LogP contribution in [0.15, 0.2) is 30.9 Å². The number of rotatable bonds is 4. The summed E-state index contributed by atoms with van der Waals surface area (Å²) in [5, 5.41) is 0. The molecule has 0 radical (unpaired) electrons. The van der Waals surface area contributed by atoms with E-state index in [0.29, 0.717) is 0 Å². The van der Waals surface area contributed by atoms with Gasteiger partial charge in [0.1, 0.15) is 11.5 Å². The average Bonchev–Trinajstić information content (AvgIpc) is 2.27. The van der Waals surface area contributed by atoms with E-state index in [1.807, 2.05) is 12.1 Å². The van der Waals surface area contributed by atoms with E-state index < -0.39 is 0 Å². The summed E-state index contributed by atoms with van der Waals surface area (Å²) in [7, 11) is 3.22. The third-order valence-corrected chi connectivity index (χ3v) is 2.05. The van der Waals surface area contributed by atoms with Gasteiger partial charge in [0.05, 0.1) is 20.3 Å². The summed E-state index contributed by atoms with van der Waals surface area (Å²) < 4.78 is 10.3. The average molecular weight is 193 g/mol. The topological polar surface area (TPSA) is 44.5 Å². The van der Waals surface area contributed by atoms with Gasteiger partial charge in [0.25, 0.3) is 0 Å². The first-order valence-electron chi connectivity index (χ1n) is 4.33. The lowest BCUT2D eigenvalue weighted by Gasteiger charge is -2.13. The minimum absolute atomic E-state index is 0.212. The standard InChI is InChI=1S/C11H15NO2/c1-4-10(12)9-6-5-8(13-2)7-11(9)14-3/h4-7,10H,1,12H2,2-3H3/t10-/m1/s1. The van der Waals surface area contributed by atoms with Gasteiger partial charge in [-0.25, -0.2) is 0 Å². The molecule has 1 atom stereocenters. The van der Waals surface area contributed by atoms with Gasteiger partial charge in [0.15, 0.2) is 0 Å². The van der Waals surface area contributed by atoms with Crippen molar-refractivity contribution in [3.8, 4) is 11.5 Å². The van der Waals surface area contributed by atoms with E-state index in [1.54, 1.807) is 26.4 Å². The van der Waals surface area contributed by atoms with Crippen LogP contribution in [0.3, 0.4) is 0 Å². The molecule has 3 heteroatoms. The molecular formula is C11H15NO2. The van der Waals surface area contributed by atoms with Crippen LogP contribution in [0.4, 0.5) is 0 Å². The van der Waals surface area contributed by atoms with Gasteiger partial charge in [0.2, 0.25) is 0 Å². The van der Waals surface area contributed by atoms with Crippen LogP contribution in [0, 0.1) is 0 Å². The van der Waals surface area contributed by atoms with Crippen molar-refractivity contribution in [1.29, 1.82) is 0 Å². The molecule has 0 spiro atoms. The minimum Gasteiger partial charge on any atom is -0.497 e. The Morgan fingerprint density at radius 1 is 1.36 bits per heavy atom. The monoisotopic (exact) mass is 193 g/mol. The van der Waals surface area contributed by atoms with E-state index in [0.717, 1.165) is 17.1 Å². The Kier molecular flexibility index (Phi) is 3.54.